The lowest BCUT2D eigenvalue weighted by atomic mass is 9.79. The van der Waals surface area contributed by atoms with E-state index < -0.39 is 11.8 Å². The van der Waals surface area contributed by atoms with Crippen LogP contribution in [0.1, 0.15) is 109 Å². The largest absolute Gasteiger partial charge is 0.348 e. The molecule has 0 saturated heterocycles. The Balaban J connectivity index is 0.917. The number of aliphatic imine (C=N–C) groups is 1. The van der Waals surface area contributed by atoms with Gasteiger partial charge in [-0.2, -0.15) is 0 Å². The number of carbonyl (C=O) groups is 2. The zero-order valence-electron chi connectivity index (χ0n) is 34.8. The van der Waals surface area contributed by atoms with Crippen LogP contribution in [-0.4, -0.2) is 45.3 Å². The molecule has 10 heteroatoms. The molecule has 5 aromatic rings. The molecule has 1 aliphatic heterocycles. The fraction of sp³-hybridized carbons (Fsp3) is 0.440. The van der Waals surface area contributed by atoms with Crippen molar-refractivity contribution >= 4 is 44.5 Å². The fourth-order valence-corrected chi connectivity index (χ4v) is 9.31. The molecule has 1 amide bonds. The molecule has 6 nitrogen and oxygen atoms in total. The first-order valence-corrected chi connectivity index (χ1v) is 21.6. The van der Waals surface area contributed by atoms with Gasteiger partial charge >= 0.3 is 0 Å². The van der Waals surface area contributed by atoms with E-state index in [0.717, 1.165) is 66.6 Å². The minimum atomic E-state index is -2.67. The van der Waals surface area contributed by atoms with Crippen molar-refractivity contribution < 1.29 is 27.2 Å². The molecule has 3 aliphatic rings. The first-order chi connectivity index (χ1) is 28.6. The van der Waals surface area contributed by atoms with Gasteiger partial charge in [-0.1, -0.05) is 76.2 Å². The van der Waals surface area contributed by atoms with Crippen molar-refractivity contribution in [2.24, 2.45) is 28.7 Å². The lowest BCUT2D eigenvalue weighted by Crippen LogP contribution is -2.47. The summed E-state index contributed by atoms with van der Waals surface area (Å²) >= 11 is 0. The summed E-state index contributed by atoms with van der Waals surface area (Å²) in [5.41, 5.74) is 7.12. The lowest BCUT2D eigenvalue weighted by Gasteiger charge is -2.30. The molecule has 8 rings (SSSR count). The fourth-order valence-electron chi connectivity index (χ4n) is 9.31. The van der Waals surface area contributed by atoms with Crippen molar-refractivity contribution in [3.05, 3.63) is 96.6 Å². The van der Waals surface area contributed by atoms with Crippen molar-refractivity contribution in [1.29, 1.82) is 0 Å². The van der Waals surface area contributed by atoms with Crippen LogP contribution in [0.5, 0.6) is 0 Å². The van der Waals surface area contributed by atoms with Gasteiger partial charge in [0, 0.05) is 73.8 Å². The second-order valence-corrected chi connectivity index (χ2v) is 18.2. The first kappa shape index (κ1) is 41.6. The van der Waals surface area contributed by atoms with Crippen molar-refractivity contribution in [2.75, 3.05) is 0 Å². The predicted molar refractivity (Wildman–Crippen MR) is 232 cm³/mol. The topological polar surface area (TPSA) is 87.2 Å². The van der Waals surface area contributed by atoms with Crippen LogP contribution >= 0.6 is 0 Å². The summed E-state index contributed by atoms with van der Waals surface area (Å²) in [6.07, 6.45) is 4.63. The Morgan fingerprint density at radius 2 is 1.20 bits per heavy atom. The number of nitrogens with one attached hydrogen (secondary N) is 2. The number of Topliss-reactive ketones (excluding diaryl/α,β-unsaturated/α-hetero) is 1. The molecule has 2 saturated carbocycles. The Hall–Kier alpha value is -5.12. The smallest absolute Gasteiger partial charge is 0.248 e. The van der Waals surface area contributed by atoms with Crippen LogP contribution in [0, 0.1) is 23.7 Å². The number of nitrogens with zero attached hydrogens (tertiary/aromatic N) is 2. The Bertz CT molecular complexity index is 2460. The van der Waals surface area contributed by atoms with Crippen LogP contribution in [0.15, 0.2) is 90.2 Å². The minimum absolute atomic E-state index is 0.0580. The Kier molecular flexibility index (Phi) is 11.6. The van der Waals surface area contributed by atoms with Gasteiger partial charge in [-0.15, -0.1) is 0 Å². The maximum Gasteiger partial charge on any atom is 0.248 e. The number of H-pyrrole nitrogens is 1. The van der Waals surface area contributed by atoms with Crippen molar-refractivity contribution in [3.63, 3.8) is 0 Å². The van der Waals surface area contributed by atoms with Gasteiger partial charge in [0.25, 0.3) is 0 Å². The van der Waals surface area contributed by atoms with Gasteiger partial charge in [-0.25, -0.2) is 22.5 Å². The quantitative estimate of drug-likeness (QED) is 0.123. The third-order valence-corrected chi connectivity index (χ3v) is 13.2. The second-order valence-electron chi connectivity index (χ2n) is 18.2. The van der Waals surface area contributed by atoms with E-state index in [1.165, 1.54) is 0 Å². The number of hydrogen-bond acceptors (Lipinski definition) is 4. The standard InChI is InChI=1S/C50H54F4N4O2/c1-29(2)42(26-45(59)31-13-17-49(51,52)18-14-31)47-56-28-44(57-47)40-12-11-37-22-34(7-8-38(37)24-40)33-5-6-36-23-39(10-9-35(36)21-33)41-25-43(55-27-41)46(30(3)4)58-48(60)32-15-19-50(53,54)20-16-32/h5-12,21-24,27-32,42,46H,13-20,25-26H2,1-4H3,(H,56,57)(H,58,60)/t42-,46-/m0/s1. The van der Waals surface area contributed by atoms with Crippen LogP contribution in [0.3, 0.4) is 0 Å². The monoisotopic (exact) mass is 818 g/mol. The van der Waals surface area contributed by atoms with E-state index in [-0.39, 0.29) is 98.7 Å². The highest BCUT2D eigenvalue weighted by Crippen LogP contribution is 2.40. The molecule has 0 radical (unpaired) electrons. The number of benzene rings is 4. The summed E-state index contributed by atoms with van der Waals surface area (Å²) < 4.78 is 54.8. The average molecular weight is 819 g/mol. The van der Waals surface area contributed by atoms with Crippen molar-refractivity contribution in [3.8, 4) is 22.4 Å². The first-order valence-electron chi connectivity index (χ1n) is 21.6. The summed E-state index contributed by atoms with van der Waals surface area (Å²) in [6, 6.07) is 25.5. The summed E-state index contributed by atoms with van der Waals surface area (Å²) in [4.78, 5) is 39.2. The molecule has 314 valence electrons. The molecule has 2 atom stereocenters. The van der Waals surface area contributed by atoms with E-state index in [1.54, 1.807) is 0 Å². The van der Waals surface area contributed by atoms with Crippen LogP contribution in [0.4, 0.5) is 17.6 Å². The second kappa shape index (κ2) is 16.7. The van der Waals surface area contributed by atoms with Gasteiger partial charge in [0.1, 0.15) is 11.6 Å². The van der Waals surface area contributed by atoms with Gasteiger partial charge in [0.15, 0.2) is 0 Å². The van der Waals surface area contributed by atoms with E-state index >= 15 is 0 Å². The average Bonchev–Trinajstić information content (AvgIpc) is 3.92. The highest BCUT2D eigenvalue weighted by Gasteiger charge is 2.39. The summed E-state index contributed by atoms with van der Waals surface area (Å²) in [6.45, 7) is 8.23. The number of ketones is 1. The van der Waals surface area contributed by atoms with E-state index in [9.17, 15) is 27.2 Å². The number of alkyl halides is 4. The number of imidazole rings is 1. The molecule has 60 heavy (non-hydrogen) atoms. The highest BCUT2D eigenvalue weighted by molar-refractivity contribution is 6.04. The number of amides is 1. The number of fused-ring (bicyclic) bond motifs is 2. The maximum atomic E-state index is 13.7. The van der Waals surface area contributed by atoms with Gasteiger partial charge < -0.3 is 10.3 Å². The Morgan fingerprint density at radius 3 is 1.75 bits per heavy atom. The molecule has 2 fully saturated rings. The van der Waals surface area contributed by atoms with Crippen LogP contribution in [0.25, 0.3) is 49.5 Å². The molecule has 2 N–H and O–H groups in total. The molecular weight excluding hydrogens is 765 g/mol. The maximum absolute atomic E-state index is 13.7. The number of carbonyl (C=O) groups excluding carboxylic acids is 2. The van der Waals surface area contributed by atoms with Gasteiger partial charge in [-0.3, -0.25) is 14.6 Å². The lowest BCUT2D eigenvalue weighted by molar-refractivity contribution is -0.130. The SMILES string of the molecule is CC(C)[C@H](NC(=O)C1CCC(F)(F)CC1)C1=NC=C(c2ccc3cc(-c4ccc5cc(-c6cnc([C@@H](CC(=O)C7CCC(F)(F)CC7)C(C)C)[nH]6)ccc5c4)ccc3c2)C1. The Morgan fingerprint density at radius 1 is 0.700 bits per heavy atom. The van der Waals surface area contributed by atoms with Gasteiger partial charge in [-0.05, 0) is 106 Å². The number of allylic oxidation sites excluding steroid dienone is 1. The normalized spacial score (nSPS) is 19.4. The molecule has 4 aromatic carbocycles. The number of aromatic nitrogens is 2. The van der Waals surface area contributed by atoms with Crippen LogP contribution < -0.4 is 5.32 Å². The zero-order valence-corrected chi connectivity index (χ0v) is 34.8. The zero-order chi connectivity index (χ0) is 42.3. The third-order valence-electron chi connectivity index (χ3n) is 13.2. The molecule has 0 unspecified atom stereocenters. The van der Waals surface area contributed by atoms with E-state index in [4.69, 9.17) is 9.98 Å². The molecule has 0 bridgehead atoms. The molecule has 0 spiro atoms. The molecule has 2 aliphatic carbocycles. The van der Waals surface area contributed by atoms with Crippen molar-refractivity contribution in [1.82, 2.24) is 15.3 Å². The number of hydrogen-bond donors (Lipinski definition) is 2. The summed E-state index contributed by atoms with van der Waals surface area (Å²) in [5.74, 6) is -5.22. The van der Waals surface area contributed by atoms with Crippen LogP contribution in [-0.2, 0) is 9.59 Å². The Labute approximate surface area is 349 Å². The van der Waals surface area contributed by atoms with Gasteiger partial charge in [0.05, 0.1) is 17.9 Å². The number of aromatic amines is 1. The predicted octanol–water partition coefficient (Wildman–Crippen LogP) is 12.7. The third kappa shape index (κ3) is 9.13. The van der Waals surface area contributed by atoms with Crippen molar-refractivity contribution in [2.45, 2.75) is 116 Å². The van der Waals surface area contributed by atoms with Gasteiger partial charge in [0.2, 0.25) is 17.8 Å². The van der Waals surface area contributed by atoms with Crippen LogP contribution in [0.2, 0.25) is 0 Å². The number of halogens is 4. The highest BCUT2D eigenvalue weighted by atomic mass is 19.3. The molecule has 1 aromatic heterocycles. The molecular formula is C50H54F4N4O2. The summed E-state index contributed by atoms with van der Waals surface area (Å²) in [5, 5.41) is 7.57. The minimum Gasteiger partial charge on any atom is -0.348 e. The molecule has 2 heterocycles. The summed E-state index contributed by atoms with van der Waals surface area (Å²) in [7, 11) is 0. The van der Waals surface area contributed by atoms with E-state index in [0.29, 0.717) is 12.8 Å². The van der Waals surface area contributed by atoms with E-state index in [2.05, 4.69) is 96.9 Å². The van der Waals surface area contributed by atoms with E-state index in [1.807, 2.05) is 26.2 Å². The number of rotatable bonds is 12.